The summed E-state index contributed by atoms with van der Waals surface area (Å²) in [5, 5.41) is 0. The molecule has 1 unspecified atom stereocenters. The van der Waals surface area contributed by atoms with Gasteiger partial charge in [0.05, 0.1) is 0 Å². The third-order valence-corrected chi connectivity index (χ3v) is 12.8. The summed E-state index contributed by atoms with van der Waals surface area (Å²) >= 11 is 0. The highest BCUT2D eigenvalue weighted by Crippen LogP contribution is 2.12. The van der Waals surface area contributed by atoms with Crippen molar-refractivity contribution in [3.8, 4) is 0 Å². The van der Waals surface area contributed by atoms with E-state index >= 15 is 0 Å². The first-order chi connectivity index (χ1) is 5.71. The van der Waals surface area contributed by atoms with E-state index in [4.69, 9.17) is 0 Å². The Bertz CT molecular complexity index is 159. The zero-order valence-corrected chi connectivity index (χ0v) is 12.6. The topological polar surface area (TPSA) is 9.72 Å². The molecule has 3 nitrogen and oxygen atoms in total. The molecule has 0 saturated heterocycles. The summed E-state index contributed by atoms with van der Waals surface area (Å²) in [7, 11) is 8.86. The first-order valence-electron chi connectivity index (χ1n) is 4.78. The van der Waals surface area contributed by atoms with Crippen LogP contribution in [0, 0.1) is 0 Å². The summed E-state index contributed by atoms with van der Waals surface area (Å²) in [5.41, 5.74) is 0. The average Bonchev–Trinajstić information content (AvgIpc) is 2.01. The van der Waals surface area contributed by atoms with Gasteiger partial charge in [0.2, 0.25) is 0 Å². The summed E-state index contributed by atoms with van der Waals surface area (Å²) < 4.78 is 7.42. The van der Waals surface area contributed by atoms with Crippen LogP contribution in [0.2, 0.25) is 19.6 Å². The first kappa shape index (κ1) is 13.3. The van der Waals surface area contributed by atoms with Crippen LogP contribution in [0.4, 0.5) is 0 Å². The fourth-order valence-electron chi connectivity index (χ4n) is 1.12. The summed E-state index contributed by atoms with van der Waals surface area (Å²) in [6, 6.07) is 0. The van der Waals surface area contributed by atoms with Crippen LogP contribution in [0.25, 0.3) is 0 Å². The van der Waals surface area contributed by atoms with Gasteiger partial charge in [-0.15, -0.1) is 0 Å². The largest absolute Gasteiger partial charge is 0.327 e. The van der Waals surface area contributed by atoms with E-state index in [1.54, 1.807) is 0 Å². The number of hydrogen-bond acceptors (Lipinski definition) is 3. The monoisotopic (exact) mass is 219 g/mol. The van der Waals surface area contributed by atoms with Crippen LogP contribution in [-0.2, 0) is 0 Å². The molecule has 1 atom stereocenters. The highest BCUT2D eigenvalue weighted by molar-refractivity contribution is 6.80. The lowest BCUT2D eigenvalue weighted by atomic mass is 11.3. The molecule has 0 saturated carbocycles. The summed E-state index contributed by atoms with van der Waals surface area (Å²) in [5.74, 6) is 0. The van der Waals surface area contributed by atoms with Crippen molar-refractivity contribution < 1.29 is 0 Å². The minimum absolute atomic E-state index is 0.864. The van der Waals surface area contributed by atoms with Crippen LogP contribution in [0.15, 0.2) is 0 Å². The molecule has 0 amide bonds. The Hall–Kier alpha value is 0.314. The van der Waals surface area contributed by atoms with Gasteiger partial charge in [0, 0.05) is 0 Å². The zero-order chi connectivity index (χ0) is 10.8. The SMILES string of the molecule is CN(C)[SiH](C)N(C)[Si](C)(C)N(C)C. The predicted octanol–water partition coefficient (Wildman–Crippen LogP) is 0.594. The molecule has 0 N–H and O–H groups in total. The Morgan fingerprint density at radius 2 is 1.31 bits per heavy atom. The highest BCUT2D eigenvalue weighted by Gasteiger charge is 2.33. The summed E-state index contributed by atoms with van der Waals surface area (Å²) in [6.07, 6.45) is 0. The molecule has 5 heteroatoms. The van der Waals surface area contributed by atoms with Gasteiger partial charge in [0.15, 0.2) is 17.5 Å². The Morgan fingerprint density at radius 1 is 0.923 bits per heavy atom. The average molecular weight is 219 g/mol. The fraction of sp³-hybridized carbons (Fsp3) is 1.00. The number of nitrogens with zero attached hydrogens (tertiary/aromatic N) is 3. The van der Waals surface area contributed by atoms with Gasteiger partial charge < -0.3 is 13.4 Å². The van der Waals surface area contributed by atoms with Crippen LogP contribution in [0.3, 0.4) is 0 Å². The maximum atomic E-state index is 2.63. The molecule has 0 aromatic rings. The molecule has 0 spiro atoms. The van der Waals surface area contributed by atoms with E-state index in [1.807, 2.05) is 0 Å². The molecule has 0 aromatic heterocycles. The van der Waals surface area contributed by atoms with Crippen LogP contribution >= 0.6 is 0 Å². The minimum atomic E-state index is -1.32. The highest BCUT2D eigenvalue weighted by atomic mass is 28.4. The molecular formula is C8H25N3Si2. The van der Waals surface area contributed by atoms with Crippen molar-refractivity contribution in [2.45, 2.75) is 19.6 Å². The lowest BCUT2D eigenvalue weighted by molar-refractivity contribution is 0.509. The van der Waals surface area contributed by atoms with E-state index in [1.165, 1.54) is 0 Å². The van der Waals surface area contributed by atoms with Gasteiger partial charge in [-0.1, -0.05) is 0 Å². The molecule has 0 aromatic carbocycles. The third kappa shape index (κ3) is 3.17. The molecule has 0 radical (unpaired) electrons. The van der Waals surface area contributed by atoms with Gasteiger partial charge in [-0.25, -0.2) is 0 Å². The van der Waals surface area contributed by atoms with E-state index in [9.17, 15) is 0 Å². The Morgan fingerprint density at radius 3 is 1.54 bits per heavy atom. The van der Waals surface area contributed by atoms with Crippen molar-refractivity contribution >= 4 is 17.5 Å². The smallest absolute Gasteiger partial charge is 0.193 e. The first-order valence-corrected chi connectivity index (χ1v) is 9.86. The normalized spacial score (nSPS) is 15.9. The van der Waals surface area contributed by atoms with Gasteiger partial charge in [-0.2, -0.15) is 0 Å². The van der Waals surface area contributed by atoms with Gasteiger partial charge >= 0.3 is 0 Å². The maximum absolute atomic E-state index is 2.63. The number of rotatable bonds is 4. The van der Waals surface area contributed by atoms with E-state index in [0.29, 0.717) is 0 Å². The predicted molar refractivity (Wildman–Crippen MR) is 65.6 cm³/mol. The van der Waals surface area contributed by atoms with Gasteiger partial charge in [-0.05, 0) is 54.9 Å². The Labute approximate surface area is 86.3 Å². The molecule has 0 fully saturated rings. The molecule has 0 rings (SSSR count). The second-order valence-corrected chi connectivity index (χ2v) is 12.8. The van der Waals surface area contributed by atoms with Crippen molar-refractivity contribution in [2.75, 3.05) is 35.2 Å². The molecule has 0 heterocycles. The van der Waals surface area contributed by atoms with E-state index in [0.717, 1.165) is 0 Å². The molecule has 13 heavy (non-hydrogen) atoms. The maximum Gasteiger partial charge on any atom is 0.193 e. The van der Waals surface area contributed by atoms with Crippen molar-refractivity contribution in [1.29, 1.82) is 0 Å². The molecule has 0 aliphatic heterocycles. The van der Waals surface area contributed by atoms with Crippen LogP contribution in [0.1, 0.15) is 0 Å². The van der Waals surface area contributed by atoms with E-state index in [-0.39, 0.29) is 0 Å². The molecule has 0 bridgehead atoms. The summed E-state index contributed by atoms with van der Waals surface area (Å²) in [4.78, 5) is 0. The van der Waals surface area contributed by atoms with Crippen molar-refractivity contribution in [2.24, 2.45) is 0 Å². The second kappa shape index (κ2) is 4.70. The Kier molecular flexibility index (Phi) is 4.81. The van der Waals surface area contributed by atoms with Crippen LogP contribution < -0.4 is 0 Å². The third-order valence-electron chi connectivity index (χ3n) is 3.27. The van der Waals surface area contributed by atoms with Crippen molar-refractivity contribution in [1.82, 2.24) is 13.4 Å². The number of hydrogen-bond donors (Lipinski definition) is 0. The summed E-state index contributed by atoms with van der Waals surface area (Å²) in [6.45, 7) is 7.19. The van der Waals surface area contributed by atoms with Crippen molar-refractivity contribution in [3.05, 3.63) is 0 Å². The molecule has 0 aliphatic carbocycles. The van der Waals surface area contributed by atoms with Gasteiger partial charge in [-0.3, -0.25) is 0 Å². The van der Waals surface area contributed by atoms with E-state index in [2.05, 4.69) is 68.2 Å². The standard InChI is InChI=1S/C8H25N3Si2/c1-9(2)12(6)11(5)13(7,8)10(3)4/h12H,1-8H3. The fourth-order valence-corrected chi connectivity index (χ4v) is 7.49. The quantitative estimate of drug-likeness (QED) is 0.641. The van der Waals surface area contributed by atoms with Crippen LogP contribution in [0.5, 0.6) is 0 Å². The second-order valence-electron chi connectivity index (χ2n) is 4.60. The zero-order valence-electron chi connectivity index (χ0n) is 10.4. The molecule has 0 aliphatic rings. The van der Waals surface area contributed by atoms with Crippen LogP contribution in [-0.4, -0.2) is 66.1 Å². The lowest BCUT2D eigenvalue weighted by Gasteiger charge is -2.43. The molecular weight excluding hydrogens is 194 g/mol. The van der Waals surface area contributed by atoms with E-state index < -0.39 is 17.5 Å². The van der Waals surface area contributed by atoms with Gasteiger partial charge in [0.25, 0.3) is 0 Å². The van der Waals surface area contributed by atoms with Crippen molar-refractivity contribution in [3.63, 3.8) is 0 Å². The minimum Gasteiger partial charge on any atom is -0.327 e. The van der Waals surface area contributed by atoms with Gasteiger partial charge in [0.1, 0.15) is 0 Å². The molecule has 80 valence electrons. The Balaban J connectivity index is 4.48. The lowest BCUT2D eigenvalue weighted by Crippen LogP contribution is -2.64.